The summed E-state index contributed by atoms with van der Waals surface area (Å²) in [6.07, 6.45) is 2.40. The molecule has 1 fully saturated rings. The number of thiazole rings is 1. The highest BCUT2D eigenvalue weighted by Gasteiger charge is 2.40. The van der Waals surface area contributed by atoms with E-state index in [9.17, 15) is 13.2 Å². The Kier molecular flexibility index (Phi) is 6.13. The average molecular weight is 450 g/mol. The van der Waals surface area contributed by atoms with Gasteiger partial charge in [0.25, 0.3) is 0 Å². The Morgan fingerprint density at radius 2 is 2.00 bits per heavy atom. The molecule has 4 rings (SSSR count). The van der Waals surface area contributed by atoms with Crippen LogP contribution in [-0.2, 0) is 26.0 Å². The minimum absolute atomic E-state index is 0.0203. The van der Waals surface area contributed by atoms with Gasteiger partial charge >= 0.3 is 5.97 Å². The fourth-order valence-electron chi connectivity index (χ4n) is 4.40. The Labute approximate surface area is 181 Å². The van der Waals surface area contributed by atoms with Crippen LogP contribution in [0, 0.1) is 0 Å². The normalized spacial score (nSPS) is 21.7. The molecule has 7 nitrogen and oxygen atoms in total. The van der Waals surface area contributed by atoms with Crippen LogP contribution >= 0.6 is 11.3 Å². The van der Waals surface area contributed by atoms with E-state index < -0.39 is 10.0 Å². The van der Waals surface area contributed by atoms with Crippen LogP contribution in [0.4, 0.5) is 5.82 Å². The zero-order valence-corrected chi connectivity index (χ0v) is 18.9. The summed E-state index contributed by atoms with van der Waals surface area (Å²) >= 11 is 1.56. The molecule has 0 spiro atoms. The minimum atomic E-state index is -3.50. The van der Waals surface area contributed by atoms with Crippen LogP contribution in [-0.4, -0.2) is 56.0 Å². The molecule has 1 aromatic heterocycles. The van der Waals surface area contributed by atoms with Crippen molar-refractivity contribution in [1.29, 1.82) is 0 Å². The second-order valence-electron chi connectivity index (χ2n) is 7.74. The Morgan fingerprint density at radius 3 is 2.73 bits per heavy atom. The molecule has 2 aliphatic rings. The highest BCUT2D eigenvalue weighted by atomic mass is 32.2. The molecule has 162 valence electrons. The molecule has 0 amide bonds. The zero-order valence-electron chi connectivity index (χ0n) is 17.3. The lowest BCUT2D eigenvalue weighted by atomic mass is 9.94. The minimum Gasteiger partial charge on any atom is -0.465 e. The Balaban J connectivity index is 1.62. The van der Waals surface area contributed by atoms with Gasteiger partial charge in [0.1, 0.15) is 12.4 Å². The van der Waals surface area contributed by atoms with Crippen molar-refractivity contribution >= 4 is 33.1 Å². The number of sulfonamides is 1. The van der Waals surface area contributed by atoms with E-state index in [1.807, 2.05) is 17.0 Å². The number of carbonyl (C=O) groups excluding carboxylic acids is 1. The summed E-state index contributed by atoms with van der Waals surface area (Å²) in [6.45, 7) is 5.52. The molecule has 1 aromatic carbocycles. The molecule has 0 bridgehead atoms. The highest BCUT2D eigenvalue weighted by Crippen LogP contribution is 2.44. The van der Waals surface area contributed by atoms with Gasteiger partial charge < -0.3 is 9.64 Å². The number of hydrogen-bond donors (Lipinski definition) is 0. The molecule has 9 heteroatoms. The maximum Gasteiger partial charge on any atom is 0.325 e. The second kappa shape index (κ2) is 8.64. The Hall–Kier alpha value is -1.97. The number of ether oxygens (including phenoxy) is 1. The van der Waals surface area contributed by atoms with Crippen LogP contribution in [0.15, 0.2) is 34.7 Å². The van der Waals surface area contributed by atoms with E-state index in [2.05, 4.69) is 11.9 Å². The second-order valence-corrected chi connectivity index (χ2v) is 10.5. The van der Waals surface area contributed by atoms with E-state index in [4.69, 9.17) is 4.74 Å². The van der Waals surface area contributed by atoms with Gasteiger partial charge in [-0.2, -0.15) is 4.31 Å². The van der Waals surface area contributed by atoms with Crippen molar-refractivity contribution in [1.82, 2.24) is 9.29 Å². The van der Waals surface area contributed by atoms with Crippen molar-refractivity contribution in [2.45, 2.75) is 50.0 Å². The smallest absolute Gasteiger partial charge is 0.325 e. The summed E-state index contributed by atoms with van der Waals surface area (Å²) < 4.78 is 33.2. The maximum atomic E-state index is 13.2. The van der Waals surface area contributed by atoms with Crippen LogP contribution in [0.5, 0.6) is 0 Å². The SMILES string of the molecule is CCOC(=O)CN1c2ncsc2C(Cc2ccccc2S(=O)(=O)N2CCCC2)C1C. The number of aromatic nitrogens is 1. The van der Waals surface area contributed by atoms with Crippen molar-refractivity contribution in [3.8, 4) is 0 Å². The third-order valence-corrected chi connectivity index (χ3v) is 8.91. The molecule has 1 saturated heterocycles. The molecule has 3 heterocycles. The van der Waals surface area contributed by atoms with E-state index in [1.165, 1.54) is 0 Å². The first kappa shape index (κ1) is 21.3. The third-order valence-electron chi connectivity index (χ3n) is 5.96. The first-order valence-corrected chi connectivity index (χ1v) is 12.7. The van der Waals surface area contributed by atoms with Gasteiger partial charge in [-0.3, -0.25) is 4.79 Å². The number of rotatable bonds is 7. The predicted molar refractivity (Wildman–Crippen MR) is 116 cm³/mol. The van der Waals surface area contributed by atoms with E-state index >= 15 is 0 Å². The van der Waals surface area contributed by atoms with E-state index in [1.54, 1.807) is 40.2 Å². The van der Waals surface area contributed by atoms with Crippen molar-refractivity contribution in [3.63, 3.8) is 0 Å². The van der Waals surface area contributed by atoms with Crippen LogP contribution in [0.2, 0.25) is 0 Å². The molecule has 0 aliphatic carbocycles. The van der Waals surface area contributed by atoms with Gasteiger partial charge in [0.2, 0.25) is 10.0 Å². The van der Waals surface area contributed by atoms with Crippen molar-refractivity contribution in [2.24, 2.45) is 0 Å². The van der Waals surface area contributed by atoms with Gasteiger partial charge in [0.15, 0.2) is 0 Å². The van der Waals surface area contributed by atoms with E-state index in [0.717, 1.165) is 29.1 Å². The monoisotopic (exact) mass is 449 g/mol. The first-order chi connectivity index (χ1) is 14.4. The van der Waals surface area contributed by atoms with Crippen LogP contribution in [0.25, 0.3) is 0 Å². The lowest BCUT2D eigenvalue weighted by molar-refractivity contribution is -0.141. The summed E-state index contributed by atoms with van der Waals surface area (Å²) in [5.41, 5.74) is 2.60. The van der Waals surface area contributed by atoms with Gasteiger partial charge in [-0.1, -0.05) is 18.2 Å². The van der Waals surface area contributed by atoms with E-state index in [0.29, 0.717) is 31.0 Å². The summed E-state index contributed by atoms with van der Waals surface area (Å²) in [7, 11) is -3.50. The van der Waals surface area contributed by atoms with Crippen LogP contribution in [0.3, 0.4) is 0 Å². The fourth-order valence-corrected chi connectivity index (χ4v) is 7.15. The maximum absolute atomic E-state index is 13.2. The van der Waals surface area contributed by atoms with Gasteiger partial charge in [0.05, 0.1) is 21.9 Å². The van der Waals surface area contributed by atoms with Crippen molar-refractivity contribution < 1.29 is 17.9 Å². The summed E-state index contributed by atoms with van der Waals surface area (Å²) in [5.74, 6) is 0.600. The van der Waals surface area contributed by atoms with Gasteiger partial charge in [-0.05, 0) is 44.7 Å². The number of fused-ring (bicyclic) bond motifs is 1. The first-order valence-electron chi connectivity index (χ1n) is 10.4. The quantitative estimate of drug-likeness (QED) is 0.605. The number of anilines is 1. The number of carbonyl (C=O) groups is 1. The standard InChI is InChI=1S/C21H27N3O4S2/c1-3-28-19(25)13-24-15(2)17(20-21(24)22-14-29-20)12-16-8-4-5-9-18(16)30(26,27)23-10-6-7-11-23/h4-5,8-9,14-15,17H,3,6-7,10-13H2,1-2H3. The lowest BCUT2D eigenvalue weighted by Gasteiger charge is -2.26. The summed E-state index contributed by atoms with van der Waals surface area (Å²) in [6, 6.07) is 7.32. The van der Waals surface area contributed by atoms with Gasteiger partial charge in [0, 0.05) is 25.0 Å². The molecule has 2 aliphatic heterocycles. The molecular formula is C21H27N3O4S2. The van der Waals surface area contributed by atoms with E-state index in [-0.39, 0.29) is 24.5 Å². The number of hydrogen-bond acceptors (Lipinski definition) is 7. The zero-order chi connectivity index (χ0) is 21.3. The van der Waals surface area contributed by atoms with Gasteiger partial charge in [-0.15, -0.1) is 11.3 Å². The molecular weight excluding hydrogens is 422 g/mol. The van der Waals surface area contributed by atoms with Gasteiger partial charge in [-0.25, -0.2) is 13.4 Å². The lowest BCUT2D eigenvalue weighted by Crippen LogP contribution is -2.37. The van der Waals surface area contributed by atoms with Crippen molar-refractivity contribution in [2.75, 3.05) is 31.1 Å². The molecule has 30 heavy (non-hydrogen) atoms. The van der Waals surface area contributed by atoms with Crippen molar-refractivity contribution in [3.05, 3.63) is 40.2 Å². The Bertz CT molecular complexity index is 1010. The summed E-state index contributed by atoms with van der Waals surface area (Å²) in [5, 5.41) is 0. The molecule has 2 atom stereocenters. The molecule has 0 radical (unpaired) electrons. The Morgan fingerprint density at radius 1 is 1.27 bits per heavy atom. The topological polar surface area (TPSA) is 79.8 Å². The fraction of sp³-hybridized carbons (Fsp3) is 0.524. The molecule has 0 N–H and O–H groups in total. The number of esters is 1. The van der Waals surface area contributed by atoms with Crippen LogP contribution in [0.1, 0.15) is 43.0 Å². The number of nitrogens with zero attached hydrogens (tertiary/aromatic N) is 3. The largest absolute Gasteiger partial charge is 0.465 e. The number of benzene rings is 1. The predicted octanol–water partition coefficient (Wildman–Crippen LogP) is 3.03. The molecule has 0 saturated carbocycles. The molecule has 2 unspecified atom stereocenters. The molecule has 2 aromatic rings. The van der Waals surface area contributed by atoms with Crippen LogP contribution < -0.4 is 4.90 Å². The summed E-state index contributed by atoms with van der Waals surface area (Å²) in [4.78, 5) is 20.1. The average Bonchev–Trinajstić information content (AvgIpc) is 3.46. The highest BCUT2D eigenvalue weighted by molar-refractivity contribution is 7.89. The third kappa shape index (κ3) is 3.86.